The van der Waals surface area contributed by atoms with Crippen molar-refractivity contribution in [3.63, 3.8) is 0 Å². The van der Waals surface area contributed by atoms with Crippen molar-refractivity contribution in [3.8, 4) is 0 Å². The number of carbonyl (C=O) groups excluding carboxylic acids is 2. The molecule has 2 amide bonds. The Kier molecular flexibility index (Phi) is 13.9. The Morgan fingerprint density at radius 2 is 1.21 bits per heavy atom. The fourth-order valence-electron chi connectivity index (χ4n) is 3.38. The second-order valence-electron chi connectivity index (χ2n) is 7.44. The van der Waals surface area contributed by atoms with Gasteiger partial charge in [-0.05, 0) is 24.7 Å². The van der Waals surface area contributed by atoms with Crippen LogP contribution in [0.5, 0.6) is 0 Å². The molecule has 0 saturated carbocycles. The molecule has 1 rings (SSSR count). The molecule has 1 heterocycles. The maximum atomic E-state index is 14.4. The summed E-state index contributed by atoms with van der Waals surface area (Å²) < 4.78 is 41.5. The van der Waals surface area contributed by atoms with Crippen molar-refractivity contribution in [2.45, 2.75) is 85.2 Å². The van der Waals surface area contributed by atoms with Crippen molar-refractivity contribution >= 4 is 22.0 Å². The van der Waals surface area contributed by atoms with Gasteiger partial charge < -0.3 is 0 Å². The van der Waals surface area contributed by atoms with Crippen LogP contribution >= 0.6 is 0 Å². The zero-order valence-corrected chi connectivity index (χ0v) is 22.1. The summed E-state index contributed by atoms with van der Waals surface area (Å²) in [6.07, 6.45) is 4.24. The Balaban J connectivity index is 0.00000729. The van der Waals surface area contributed by atoms with Gasteiger partial charge in [0.2, 0.25) is 0 Å². The van der Waals surface area contributed by atoms with Gasteiger partial charge >= 0.3 is 61.6 Å². The molecule has 28 heavy (non-hydrogen) atoms. The van der Waals surface area contributed by atoms with Gasteiger partial charge in [-0.25, -0.2) is 13.0 Å². The van der Waals surface area contributed by atoms with Crippen LogP contribution < -0.4 is 51.4 Å². The van der Waals surface area contributed by atoms with Gasteiger partial charge in [-0.15, -0.1) is 0 Å². The van der Waals surface area contributed by atoms with Crippen LogP contribution in [-0.4, -0.2) is 48.1 Å². The number of alkyl halides is 1. The van der Waals surface area contributed by atoms with E-state index in [0.717, 1.165) is 38.5 Å². The van der Waals surface area contributed by atoms with Crippen molar-refractivity contribution in [3.05, 3.63) is 0 Å². The maximum absolute atomic E-state index is 14.4. The van der Waals surface area contributed by atoms with Gasteiger partial charge in [-0.2, -0.15) is 8.42 Å². The van der Waals surface area contributed by atoms with Crippen LogP contribution in [0.2, 0.25) is 0 Å². The number of unbranched alkanes of at least 4 members (excludes halogenated alkanes) is 2. The van der Waals surface area contributed by atoms with E-state index in [4.69, 9.17) is 0 Å². The molecule has 0 aromatic carbocycles. The predicted octanol–water partition coefficient (Wildman–Crippen LogP) is 0.677. The van der Waals surface area contributed by atoms with Gasteiger partial charge in [-0.1, -0.05) is 66.2 Å². The zero-order chi connectivity index (χ0) is 20.6. The third-order valence-corrected chi connectivity index (χ3v) is 7.19. The Hall–Kier alpha value is 0.456. The topological polar surface area (TPSA) is 74.8 Å². The molecule has 0 aliphatic carbocycles. The molecule has 0 aromatic rings. The van der Waals surface area contributed by atoms with Gasteiger partial charge in [-0.3, -0.25) is 9.59 Å². The minimum Gasteiger partial charge on any atom is -0.270 e. The molecule has 2 unspecified atom stereocenters. The summed E-state index contributed by atoms with van der Waals surface area (Å²) in [6, 6.07) is 0. The van der Waals surface area contributed by atoms with Crippen LogP contribution in [-0.2, 0) is 19.8 Å². The maximum Gasteiger partial charge on any atom is 1.00 e. The van der Waals surface area contributed by atoms with Crippen molar-refractivity contribution in [1.82, 2.24) is 8.61 Å². The fraction of sp³-hybridized carbons (Fsp3) is 0.895. The third kappa shape index (κ3) is 7.30. The number of rotatable bonds is 12. The average Bonchev–Trinajstić information content (AvgIpc) is 2.65. The van der Waals surface area contributed by atoms with E-state index in [2.05, 4.69) is 0 Å². The zero-order valence-electron chi connectivity index (χ0n) is 18.1. The first-order chi connectivity index (χ1) is 12.7. The van der Waals surface area contributed by atoms with E-state index >= 15 is 0 Å². The van der Waals surface area contributed by atoms with E-state index in [-0.39, 0.29) is 76.3 Å². The van der Waals surface area contributed by atoms with Crippen LogP contribution in [0.25, 0.3) is 0 Å². The van der Waals surface area contributed by atoms with Crippen molar-refractivity contribution in [2.24, 2.45) is 11.8 Å². The first-order valence-corrected chi connectivity index (χ1v) is 11.7. The summed E-state index contributed by atoms with van der Waals surface area (Å²) in [5.41, 5.74) is 0. The minimum atomic E-state index is -4.33. The molecule has 1 saturated heterocycles. The summed E-state index contributed by atoms with van der Waals surface area (Å²) in [4.78, 5) is 24.5. The molecule has 6 nitrogen and oxygen atoms in total. The molecule has 1 aliphatic rings. The van der Waals surface area contributed by atoms with Gasteiger partial charge in [0.15, 0.2) is 0 Å². The first-order valence-electron chi connectivity index (χ1n) is 10.3. The third-order valence-electron chi connectivity index (χ3n) is 5.42. The van der Waals surface area contributed by atoms with Crippen molar-refractivity contribution in [2.75, 3.05) is 13.1 Å². The molecule has 2 atom stereocenters. The van der Waals surface area contributed by atoms with Gasteiger partial charge in [0.25, 0.3) is 18.0 Å². The Morgan fingerprint density at radius 1 is 0.857 bits per heavy atom. The Morgan fingerprint density at radius 3 is 1.50 bits per heavy atom. The van der Waals surface area contributed by atoms with Crippen molar-refractivity contribution in [1.29, 1.82) is 0 Å². The molecule has 158 valence electrons. The molecular formula is C19H35FKN2O4S+. The number of hydrogen-bond donors (Lipinski definition) is 0. The first kappa shape index (κ1) is 28.5. The second-order valence-corrected chi connectivity index (χ2v) is 9.22. The Bertz CT molecular complexity index is 559. The SMILES string of the molecule is CCCCC(CC)CN1C(=O)C(F)C(=O)N(CC(CC)CCCC)S1(=O)=O.[K+]. The van der Waals surface area contributed by atoms with Crippen LogP contribution in [0, 0.1) is 11.8 Å². The van der Waals surface area contributed by atoms with Gasteiger partial charge in [0, 0.05) is 13.1 Å². The van der Waals surface area contributed by atoms with Crippen LogP contribution in [0.3, 0.4) is 0 Å². The summed E-state index contributed by atoms with van der Waals surface area (Å²) in [5, 5.41) is 0. The molecular weight excluding hydrogens is 410 g/mol. The number of hydrogen-bond acceptors (Lipinski definition) is 4. The summed E-state index contributed by atoms with van der Waals surface area (Å²) >= 11 is 0. The van der Waals surface area contributed by atoms with E-state index in [1.165, 1.54) is 0 Å². The predicted molar refractivity (Wildman–Crippen MR) is 104 cm³/mol. The second kappa shape index (κ2) is 13.7. The molecule has 9 heteroatoms. The van der Waals surface area contributed by atoms with E-state index in [1.54, 1.807) is 0 Å². The molecule has 0 N–H and O–H groups in total. The molecule has 0 aromatic heterocycles. The van der Waals surface area contributed by atoms with Gasteiger partial charge in [0.05, 0.1) is 0 Å². The monoisotopic (exact) mass is 445 g/mol. The van der Waals surface area contributed by atoms with E-state index in [9.17, 15) is 22.4 Å². The molecule has 1 fully saturated rings. The average molecular weight is 446 g/mol. The smallest absolute Gasteiger partial charge is 0.270 e. The summed E-state index contributed by atoms with van der Waals surface area (Å²) in [7, 11) is -4.33. The molecule has 0 bridgehead atoms. The molecule has 0 spiro atoms. The Labute approximate surface area is 212 Å². The van der Waals surface area contributed by atoms with Gasteiger partial charge in [0.1, 0.15) is 0 Å². The molecule has 1 aliphatic heterocycles. The largest absolute Gasteiger partial charge is 1.00 e. The number of carbonyl (C=O) groups is 2. The fourth-order valence-corrected chi connectivity index (χ4v) is 5.05. The van der Waals surface area contributed by atoms with Crippen LogP contribution in [0.4, 0.5) is 4.39 Å². The summed E-state index contributed by atoms with van der Waals surface area (Å²) in [6.45, 7) is 7.80. The number of nitrogens with zero attached hydrogens (tertiary/aromatic N) is 2. The minimum absolute atomic E-state index is 0. The van der Waals surface area contributed by atoms with Crippen molar-refractivity contribution < 1.29 is 73.8 Å². The van der Waals surface area contributed by atoms with E-state index < -0.39 is 28.2 Å². The number of halogens is 1. The molecule has 0 radical (unpaired) electrons. The van der Waals surface area contributed by atoms with Crippen LogP contribution in [0.1, 0.15) is 79.1 Å². The van der Waals surface area contributed by atoms with Crippen LogP contribution in [0.15, 0.2) is 0 Å². The van der Waals surface area contributed by atoms with E-state index in [0.29, 0.717) is 21.5 Å². The van der Waals surface area contributed by atoms with E-state index in [1.807, 2.05) is 27.7 Å². The normalized spacial score (nSPS) is 21.4. The standard InChI is InChI=1S/C19H35FN2O4S.K/c1-5-9-11-15(7-3)13-21-18(23)17(20)19(24)22(27(21,25)26)14-16(8-4)12-10-6-2;/h15-17H,5-14H2,1-4H3;/q;+1. The summed E-state index contributed by atoms with van der Waals surface area (Å²) in [5.74, 6) is -2.55. The number of amides is 2. The quantitative estimate of drug-likeness (QED) is 0.327.